The average Bonchev–Trinajstić information content (AvgIpc) is 2.00. The van der Waals surface area contributed by atoms with Gasteiger partial charge in [-0.3, -0.25) is 5.32 Å². The Morgan fingerprint density at radius 2 is 1.75 bits per heavy atom. The van der Waals surface area contributed by atoms with Crippen molar-refractivity contribution in [3.63, 3.8) is 0 Å². The van der Waals surface area contributed by atoms with Crippen molar-refractivity contribution in [2.24, 2.45) is 5.92 Å². The fraction of sp³-hybridized carbons (Fsp3) is 1.00. The molecular weight excluding hydrogens is 148 g/mol. The summed E-state index contributed by atoms with van der Waals surface area (Å²) in [7, 11) is 2.00. The molecule has 2 nitrogen and oxygen atoms in total. The third kappa shape index (κ3) is 4.07. The number of rotatable bonds is 5. The van der Waals surface area contributed by atoms with Crippen LogP contribution in [0.5, 0.6) is 0 Å². The van der Waals surface area contributed by atoms with Crippen molar-refractivity contribution in [1.82, 2.24) is 10.6 Å². The van der Waals surface area contributed by atoms with Gasteiger partial charge in [0.15, 0.2) is 0 Å². The zero-order valence-electron chi connectivity index (χ0n) is 9.36. The fourth-order valence-electron chi connectivity index (χ4n) is 1.10. The van der Waals surface area contributed by atoms with E-state index in [1.165, 1.54) is 0 Å². The molecule has 0 aromatic rings. The Bertz CT molecular complexity index is 119. The van der Waals surface area contributed by atoms with Crippen LogP contribution in [0.25, 0.3) is 0 Å². The molecule has 0 spiro atoms. The van der Waals surface area contributed by atoms with Gasteiger partial charge in [-0.15, -0.1) is 0 Å². The first-order valence-electron chi connectivity index (χ1n) is 4.88. The second-order valence-electron chi connectivity index (χ2n) is 4.39. The van der Waals surface area contributed by atoms with Gasteiger partial charge in [-0.2, -0.15) is 0 Å². The first-order chi connectivity index (χ1) is 5.43. The van der Waals surface area contributed by atoms with Gasteiger partial charge < -0.3 is 5.32 Å². The summed E-state index contributed by atoms with van der Waals surface area (Å²) < 4.78 is 0. The molecule has 0 aliphatic rings. The third-order valence-corrected chi connectivity index (χ3v) is 2.41. The molecule has 0 fully saturated rings. The molecule has 2 heteroatoms. The number of nitrogens with one attached hydrogen (secondary N) is 2. The van der Waals surface area contributed by atoms with E-state index in [1.54, 1.807) is 0 Å². The minimum Gasteiger partial charge on any atom is -0.305 e. The van der Waals surface area contributed by atoms with Crippen molar-refractivity contribution >= 4 is 0 Å². The molecule has 0 aliphatic heterocycles. The van der Waals surface area contributed by atoms with E-state index in [0.29, 0.717) is 12.1 Å². The molecule has 2 N–H and O–H groups in total. The van der Waals surface area contributed by atoms with E-state index >= 15 is 0 Å². The largest absolute Gasteiger partial charge is 0.305 e. The predicted octanol–water partition coefficient (Wildman–Crippen LogP) is 1.97. The molecule has 0 amide bonds. The highest BCUT2D eigenvalue weighted by atomic mass is 15.1. The monoisotopic (exact) mass is 172 g/mol. The number of hydrogen-bond donors (Lipinski definition) is 2. The second kappa shape index (κ2) is 4.83. The smallest absolute Gasteiger partial charge is 0.0596 e. The van der Waals surface area contributed by atoms with Crippen LogP contribution in [0.2, 0.25) is 0 Å². The summed E-state index contributed by atoms with van der Waals surface area (Å²) in [6, 6.07) is 0. The van der Waals surface area contributed by atoms with Crippen molar-refractivity contribution < 1.29 is 0 Å². The maximum Gasteiger partial charge on any atom is 0.0596 e. The Balaban J connectivity index is 4.01. The van der Waals surface area contributed by atoms with Crippen LogP contribution in [0.4, 0.5) is 0 Å². The minimum absolute atomic E-state index is 0.234. The topological polar surface area (TPSA) is 24.1 Å². The Labute approximate surface area is 77.1 Å². The van der Waals surface area contributed by atoms with E-state index in [-0.39, 0.29) is 5.54 Å². The molecule has 74 valence electrons. The van der Waals surface area contributed by atoms with Gasteiger partial charge in [0.1, 0.15) is 0 Å². The molecule has 1 unspecified atom stereocenters. The van der Waals surface area contributed by atoms with Gasteiger partial charge >= 0.3 is 0 Å². The zero-order chi connectivity index (χ0) is 9.78. The maximum atomic E-state index is 3.58. The fourth-order valence-corrected chi connectivity index (χ4v) is 1.10. The van der Waals surface area contributed by atoms with Gasteiger partial charge in [-0.1, -0.05) is 20.8 Å². The van der Waals surface area contributed by atoms with Gasteiger partial charge in [0.2, 0.25) is 0 Å². The lowest BCUT2D eigenvalue weighted by atomic mass is 9.99. The molecule has 0 saturated heterocycles. The molecule has 0 radical (unpaired) electrons. The second-order valence-corrected chi connectivity index (χ2v) is 4.39. The van der Waals surface area contributed by atoms with Crippen molar-refractivity contribution in [3.05, 3.63) is 0 Å². The quantitative estimate of drug-likeness (QED) is 0.620. The van der Waals surface area contributed by atoms with Gasteiger partial charge in [-0.05, 0) is 33.2 Å². The molecule has 0 heterocycles. The average molecular weight is 172 g/mol. The van der Waals surface area contributed by atoms with E-state index < -0.39 is 0 Å². The lowest BCUT2D eigenvalue weighted by molar-refractivity contribution is 0.254. The van der Waals surface area contributed by atoms with Gasteiger partial charge in [0.25, 0.3) is 0 Å². The molecule has 0 aliphatic carbocycles. The van der Waals surface area contributed by atoms with E-state index in [9.17, 15) is 0 Å². The molecule has 0 rings (SSSR count). The molecule has 1 atom stereocenters. The lowest BCUT2D eigenvalue weighted by Gasteiger charge is -2.33. The highest BCUT2D eigenvalue weighted by molar-refractivity contribution is 4.80. The lowest BCUT2D eigenvalue weighted by Crippen LogP contribution is -2.53. The molecule has 0 saturated carbocycles. The Morgan fingerprint density at radius 1 is 1.25 bits per heavy atom. The van der Waals surface area contributed by atoms with Crippen LogP contribution in [0.1, 0.15) is 41.0 Å². The SMILES string of the molecule is CCC(C)(C)NC(NC)C(C)C. The molecule has 0 aromatic carbocycles. The van der Waals surface area contributed by atoms with Crippen molar-refractivity contribution in [3.8, 4) is 0 Å². The zero-order valence-corrected chi connectivity index (χ0v) is 9.36. The van der Waals surface area contributed by atoms with Crippen molar-refractivity contribution in [2.45, 2.75) is 52.7 Å². The maximum absolute atomic E-state index is 3.58. The molecule has 12 heavy (non-hydrogen) atoms. The van der Waals surface area contributed by atoms with Crippen molar-refractivity contribution in [1.29, 1.82) is 0 Å². The predicted molar refractivity (Wildman–Crippen MR) is 55.2 cm³/mol. The van der Waals surface area contributed by atoms with E-state index in [1.807, 2.05) is 7.05 Å². The van der Waals surface area contributed by atoms with Gasteiger partial charge in [0, 0.05) is 5.54 Å². The summed E-state index contributed by atoms with van der Waals surface area (Å²) in [5.41, 5.74) is 0.234. The molecule has 0 aromatic heterocycles. The van der Waals surface area contributed by atoms with Crippen LogP contribution in [0.15, 0.2) is 0 Å². The van der Waals surface area contributed by atoms with E-state index in [4.69, 9.17) is 0 Å². The van der Waals surface area contributed by atoms with Crippen LogP contribution < -0.4 is 10.6 Å². The van der Waals surface area contributed by atoms with Crippen LogP contribution in [0, 0.1) is 5.92 Å². The third-order valence-electron chi connectivity index (χ3n) is 2.41. The highest BCUT2D eigenvalue weighted by Gasteiger charge is 2.20. The first kappa shape index (κ1) is 11.9. The summed E-state index contributed by atoms with van der Waals surface area (Å²) in [4.78, 5) is 0. The van der Waals surface area contributed by atoms with Gasteiger partial charge in [-0.25, -0.2) is 0 Å². The summed E-state index contributed by atoms with van der Waals surface area (Å²) >= 11 is 0. The van der Waals surface area contributed by atoms with E-state index in [2.05, 4.69) is 45.3 Å². The van der Waals surface area contributed by atoms with E-state index in [0.717, 1.165) is 6.42 Å². The Kier molecular flexibility index (Phi) is 4.80. The van der Waals surface area contributed by atoms with Gasteiger partial charge in [0.05, 0.1) is 6.17 Å². The summed E-state index contributed by atoms with van der Waals surface area (Å²) in [6.07, 6.45) is 1.57. The van der Waals surface area contributed by atoms with Crippen LogP contribution >= 0.6 is 0 Å². The Morgan fingerprint density at radius 3 is 2.00 bits per heavy atom. The normalized spacial score (nSPS) is 15.2. The van der Waals surface area contributed by atoms with Crippen LogP contribution in [0.3, 0.4) is 0 Å². The summed E-state index contributed by atoms with van der Waals surface area (Å²) in [5.74, 6) is 0.626. The first-order valence-corrected chi connectivity index (χ1v) is 4.88. The number of hydrogen-bond acceptors (Lipinski definition) is 2. The highest BCUT2D eigenvalue weighted by Crippen LogP contribution is 2.10. The molecular formula is C10H24N2. The molecule has 0 bridgehead atoms. The summed E-state index contributed by atoms with van der Waals surface area (Å²) in [6.45, 7) is 11.1. The standard InChI is InChI=1S/C10H24N2/c1-7-10(4,5)12-9(11-6)8(2)3/h8-9,11-12H,7H2,1-6H3. The summed E-state index contributed by atoms with van der Waals surface area (Å²) in [5, 5.41) is 6.86. The minimum atomic E-state index is 0.234. The van der Waals surface area contributed by atoms with Crippen LogP contribution in [-0.2, 0) is 0 Å². The van der Waals surface area contributed by atoms with Crippen molar-refractivity contribution in [2.75, 3.05) is 7.05 Å². The van der Waals surface area contributed by atoms with Crippen LogP contribution in [-0.4, -0.2) is 18.8 Å². The Hall–Kier alpha value is -0.0800.